The summed E-state index contributed by atoms with van der Waals surface area (Å²) in [4.78, 5) is 12.7. The molecular formula is C19H17NO3. The second-order valence-corrected chi connectivity index (χ2v) is 5.75. The molecule has 1 aliphatic rings. The fourth-order valence-corrected chi connectivity index (χ4v) is 3.11. The third-order valence-electron chi connectivity index (χ3n) is 4.31. The second-order valence-electron chi connectivity index (χ2n) is 5.75. The Kier molecular flexibility index (Phi) is 3.30. The van der Waals surface area contributed by atoms with Gasteiger partial charge in [0, 0.05) is 22.9 Å². The van der Waals surface area contributed by atoms with Gasteiger partial charge in [-0.05, 0) is 19.1 Å². The molecule has 116 valence electrons. The van der Waals surface area contributed by atoms with Crippen molar-refractivity contribution in [1.82, 2.24) is 5.32 Å². The monoisotopic (exact) mass is 307 g/mol. The largest absolute Gasteiger partial charge is 0.493 e. The van der Waals surface area contributed by atoms with E-state index in [-0.39, 0.29) is 11.9 Å². The van der Waals surface area contributed by atoms with Crippen molar-refractivity contribution in [2.75, 3.05) is 6.61 Å². The van der Waals surface area contributed by atoms with E-state index in [0.29, 0.717) is 12.4 Å². The van der Waals surface area contributed by atoms with Crippen LogP contribution < -0.4 is 10.1 Å². The number of para-hydroxylation sites is 2. The fourth-order valence-electron chi connectivity index (χ4n) is 3.11. The third kappa shape index (κ3) is 2.36. The maximum absolute atomic E-state index is 12.7. The van der Waals surface area contributed by atoms with Crippen LogP contribution in [0.5, 0.6) is 5.75 Å². The molecule has 4 rings (SSSR count). The number of hydrogen-bond acceptors (Lipinski definition) is 3. The maximum atomic E-state index is 12.7. The van der Waals surface area contributed by atoms with Crippen LogP contribution in [0.25, 0.3) is 11.0 Å². The number of fused-ring (bicyclic) bond motifs is 2. The van der Waals surface area contributed by atoms with E-state index in [0.717, 1.165) is 34.3 Å². The minimum absolute atomic E-state index is 0.0555. The molecule has 23 heavy (non-hydrogen) atoms. The molecule has 1 N–H and O–H groups in total. The number of benzene rings is 2. The van der Waals surface area contributed by atoms with Gasteiger partial charge < -0.3 is 14.5 Å². The number of ether oxygens (including phenoxy) is 1. The first-order valence-corrected chi connectivity index (χ1v) is 7.75. The molecule has 0 saturated carbocycles. The number of carbonyl (C=O) groups is 1. The number of carbonyl (C=O) groups excluding carboxylic acids is 1. The van der Waals surface area contributed by atoms with Gasteiger partial charge in [-0.1, -0.05) is 36.4 Å². The molecule has 2 aromatic carbocycles. The van der Waals surface area contributed by atoms with E-state index in [1.54, 1.807) is 0 Å². The summed E-state index contributed by atoms with van der Waals surface area (Å²) < 4.78 is 11.4. The summed E-state index contributed by atoms with van der Waals surface area (Å²) in [5.74, 6) is 1.04. The first kappa shape index (κ1) is 13.9. The average Bonchev–Trinajstić information content (AvgIpc) is 2.93. The molecule has 0 radical (unpaired) electrons. The molecule has 1 amide bonds. The van der Waals surface area contributed by atoms with Gasteiger partial charge in [-0.3, -0.25) is 4.79 Å². The van der Waals surface area contributed by atoms with Crippen LogP contribution in [0.2, 0.25) is 0 Å². The smallest absolute Gasteiger partial charge is 0.287 e. The molecule has 4 nitrogen and oxygen atoms in total. The molecule has 0 spiro atoms. The van der Waals surface area contributed by atoms with Crippen molar-refractivity contribution in [3.05, 3.63) is 65.4 Å². The van der Waals surface area contributed by atoms with Crippen LogP contribution in [0.4, 0.5) is 0 Å². The van der Waals surface area contributed by atoms with Crippen molar-refractivity contribution in [2.45, 2.75) is 19.4 Å². The Hall–Kier alpha value is -2.75. The second kappa shape index (κ2) is 5.47. The van der Waals surface area contributed by atoms with Crippen molar-refractivity contribution in [3.8, 4) is 5.75 Å². The van der Waals surface area contributed by atoms with Gasteiger partial charge in [0.2, 0.25) is 0 Å². The molecule has 1 aromatic heterocycles. The van der Waals surface area contributed by atoms with Gasteiger partial charge in [-0.15, -0.1) is 0 Å². The molecule has 1 unspecified atom stereocenters. The van der Waals surface area contributed by atoms with Gasteiger partial charge in [0.05, 0.1) is 12.6 Å². The van der Waals surface area contributed by atoms with Gasteiger partial charge >= 0.3 is 0 Å². The SMILES string of the molecule is Cc1c(C(=O)NC2CCOc3ccccc32)oc2ccccc12. The van der Waals surface area contributed by atoms with Gasteiger partial charge in [0.15, 0.2) is 5.76 Å². The Morgan fingerprint density at radius 1 is 1.13 bits per heavy atom. The number of furan rings is 1. The predicted molar refractivity (Wildman–Crippen MR) is 87.7 cm³/mol. The number of hydrogen-bond donors (Lipinski definition) is 1. The molecule has 0 fully saturated rings. The number of aryl methyl sites for hydroxylation is 1. The van der Waals surface area contributed by atoms with E-state index in [2.05, 4.69) is 5.32 Å². The minimum Gasteiger partial charge on any atom is -0.493 e. The van der Waals surface area contributed by atoms with Crippen LogP contribution in [0.1, 0.15) is 34.1 Å². The first-order chi connectivity index (χ1) is 11.2. The van der Waals surface area contributed by atoms with E-state index >= 15 is 0 Å². The Morgan fingerprint density at radius 2 is 1.91 bits per heavy atom. The molecule has 4 heteroatoms. The summed E-state index contributed by atoms with van der Waals surface area (Å²) in [6.07, 6.45) is 0.752. The van der Waals surface area contributed by atoms with E-state index in [9.17, 15) is 4.79 Å². The van der Waals surface area contributed by atoms with Crippen LogP contribution in [-0.4, -0.2) is 12.5 Å². The fraction of sp³-hybridized carbons (Fsp3) is 0.211. The van der Waals surface area contributed by atoms with Gasteiger partial charge in [0.25, 0.3) is 5.91 Å². The molecule has 1 aliphatic heterocycles. The Labute approximate surface area is 134 Å². The van der Waals surface area contributed by atoms with E-state index in [4.69, 9.17) is 9.15 Å². The number of nitrogens with one attached hydrogen (secondary N) is 1. The van der Waals surface area contributed by atoms with Crippen LogP contribution in [0.3, 0.4) is 0 Å². The van der Waals surface area contributed by atoms with E-state index in [1.807, 2.05) is 55.5 Å². The first-order valence-electron chi connectivity index (χ1n) is 7.75. The Bertz CT molecular complexity index is 881. The van der Waals surface area contributed by atoms with Crippen molar-refractivity contribution in [1.29, 1.82) is 0 Å². The predicted octanol–water partition coefficient (Wildman–Crippen LogP) is 3.99. The summed E-state index contributed by atoms with van der Waals surface area (Å²) in [5.41, 5.74) is 2.63. The van der Waals surface area contributed by atoms with Gasteiger partial charge in [-0.2, -0.15) is 0 Å². The van der Waals surface area contributed by atoms with Crippen molar-refractivity contribution in [2.24, 2.45) is 0 Å². The zero-order chi connectivity index (χ0) is 15.8. The molecule has 2 heterocycles. The molecule has 3 aromatic rings. The van der Waals surface area contributed by atoms with Crippen LogP contribution in [0, 0.1) is 6.92 Å². The highest BCUT2D eigenvalue weighted by atomic mass is 16.5. The highest BCUT2D eigenvalue weighted by molar-refractivity contribution is 5.99. The Morgan fingerprint density at radius 3 is 2.78 bits per heavy atom. The minimum atomic E-state index is -0.180. The zero-order valence-corrected chi connectivity index (χ0v) is 12.8. The summed E-state index contributed by atoms with van der Waals surface area (Å²) in [6, 6.07) is 15.5. The number of amides is 1. The third-order valence-corrected chi connectivity index (χ3v) is 4.31. The van der Waals surface area contributed by atoms with Crippen molar-refractivity contribution >= 4 is 16.9 Å². The molecule has 0 aliphatic carbocycles. The van der Waals surface area contributed by atoms with Crippen LogP contribution >= 0.6 is 0 Å². The summed E-state index contributed by atoms with van der Waals surface area (Å²) in [6.45, 7) is 2.51. The lowest BCUT2D eigenvalue weighted by molar-refractivity contribution is 0.0898. The molecular weight excluding hydrogens is 290 g/mol. The van der Waals surface area contributed by atoms with E-state index in [1.165, 1.54) is 0 Å². The van der Waals surface area contributed by atoms with Gasteiger partial charge in [0.1, 0.15) is 11.3 Å². The highest BCUT2D eigenvalue weighted by Gasteiger charge is 2.25. The Balaban J connectivity index is 1.64. The topological polar surface area (TPSA) is 51.5 Å². The van der Waals surface area contributed by atoms with Crippen molar-refractivity contribution < 1.29 is 13.9 Å². The quantitative estimate of drug-likeness (QED) is 0.778. The normalized spacial score (nSPS) is 16.7. The lowest BCUT2D eigenvalue weighted by Gasteiger charge is -2.26. The standard InChI is InChI=1S/C19H17NO3/c1-12-13-6-2-5-9-17(13)23-18(12)19(21)20-15-10-11-22-16-8-4-3-7-14(15)16/h2-9,15H,10-11H2,1H3,(H,20,21). The molecule has 0 saturated heterocycles. The number of rotatable bonds is 2. The molecule has 1 atom stereocenters. The molecule has 0 bridgehead atoms. The maximum Gasteiger partial charge on any atom is 0.287 e. The summed E-state index contributed by atoms with van der Waals surface area (Å²) >= 11 is 0. The summed E-state index contributed by atoms with van der Waals surface area (Å²) in [5, 5.41) is 4.06. The lowest BCUT2D eigenvalue weighted by atomic mass is 10.0. The zero-order valence-electron chi connectivity index (χ0n) is 12.8. The lowest BCUT2D eigenvalue weighted by Crippen LogP contribution is -2.32. The van der Waals surface area contributed by atoms with E-state index < -0.39 is 0 Å². The van der Waals surface area contributed by atoms with Gasteiger partial charge in [-0.25, -0.2) is 0 Å². The summed E-state index contributed by atoms with van der Waals surface area (Å²) in [7, 11) is 0. The average molecular weight is 307 g/mol. The van der Waals surface area contributed by atoms with Crippen molar-refractivity contribution in [3.63, 3.8) is 0 Å². The van der Waals surface area contributed by atoms with Crippen LogP contribution in [-0.2, 0) is 0 Å². The highest BCUT2D eigenvalue weighted by Crippen LogP contribution is 2.32. The van der Waals surface area contributed by atoms with Crippen LogP contribution in [0.15, 0.2) is 52.9 Å².